The van der Waals surface area contributed by atoms with Crippen molar-refractivity contribution in [2.75, 3.05) is 13.7 Å². The molecule has 8 heteroatoms. The van der Waals surface area contributed by atoms with Crippen LogP contribution < -0.4 is 0 Å². The van der Waals surface area contributed by atoms with Crippen LogP contribution in [0.25, 0.3) is 0 Å². The number of ether oxygens (including phenoxy) is 5. The standard InChI is InChI=1S/C12H18O8/c1-6(13)17-10-9(5-16-4)20-12(19-8(3)15)11(10)18-7(2)14/h9-12H,5H2,1-4H3/t9-,10-,11-,12?/m1/s1/i4D. The molecule has 0 radical (unpaired) electrons. The van der Waals surface area contributed by atoms with E-state index >= 15 is 0 Å². The van der Waals surface area contributed by atoms with E-state index < -0.39 is 42.5 Å². The Morgan fingerprint density at radius 2 is 1.55 bits per heavy atom. The Morgan fingerprint density at radius 3 is 2.05 bits per heavy atom. The molecule has 4 atom stereocenters. The number of carbonyl (C=O) groups excluding carboxylic acids is 3. The van der Waals surface area contributed by atoms with Gasteiger partial charge in [0, 0.05) is 27.9 Å². The van der Waals surface area contributed by atoms with E-state index in [1.54, 1.807) is 0 Å². The lowest BCUT2D eigenvalue weighted by Crippen LogP contribution is -2.41. The van der Waals surface area contributed by atoms with Crippen LogP contribution in [0.4, 0.5) is 0 Å². The maximum atomic E-state index is 11.2. The molecule has 1 saturated heterocycles. The summed E-state index contributed by atoms with van der Waals surface area (Å²) in [6, 6.07) is 0. The van der Waals surface area contributed by atoms with Gasteiger partial charge < -0.3 is 23.7 Å². The maximum Gasteiger partial charge on any atom is 0.305 e. The molecule has 0 aromatic heterocycles. The minimum atomic E-state index is -1.20. The summed E-state index contributed by atoms with van der Waals surface area (Å²) in [5.41, 5.74) is 0. The average Bonchev–Trinajstić information content (AvgIpc) is 2.63. The molecule has 1 fully saturated rings. The molecule has 0 bridgehead atoms. The maximum absolute atomic E-state index is 11.2. The van der Waals surface area contributed by atoms with E-state index in [0.717, 1.165) is 0 Å². The minimum Gasteiger partial charge on any atom is -0.455 e. The van der Waals surface area contributed by atoms with Crippen molar-refractivity contribution in [1.29, 1.82) is 0 Å². The molecule has 1 aliphatic rings. The molecule has 1 rings (SSSR count). The van der Waals surface area contributed by atoms with E-state index in [9.17, 15) is 14.4 Å². The van der Waals surface area contributed by atoms with Gasteiger partial charge in [-0.25, -0.2) is 0 Å². The predicted molar refractivity (Wildman–Crippen MR) is 63.4 cm³/mol. The molecule has 114 valence electrons. The van der Waals surface area contributed by atoms with E-state index in [0.29, 0.717) is 0 Å². The van der Waals surface area contributed by atoms with Crippen LogP contribution in [0.1, 0.15) is 22.1 Å². The molecule has 0 aromatic rings. The molecule has 1 heterocycles. The summed E-state index contributed by atoms with van der Waals surface area (Å²) in [5.74, 6) is -1.89. The van der Waals surface area contributed by atoms with E-state index in [2.05, 4.69) is 0 Å². The number of hydrogen-bond donors (Lipinski definition) is 0. The predicted octanol–water partition coefficient (Wildman–Crippen LogP) is -0.216. The summed E-state index contributed by atoms with van der Waals surface area (Å²) < 4.78 is 32.3. The molecule has 0 saturated carbocycles. The number of esters is 3. The van der Waals surface area contributed by atoms with Gasteiger partial charge in [0.05, 0.1) is 7.98 Å². The summed E-state index contributed by atoms with van der Waals surface area (Å²) in [6.07, 6.45) is -4.08. The van der Waals surface area contributed by atoms with Gasteiger partial charge in [0.2, 0.25) is 12.4 Å². The largest absolute Gasteiger partial charge is 0.455 e. The van der Waals surface area contributed by atoms with E-state index in [1.165, 1.54) is 20.8 Å². The Morgan fingerprint density at radius 1 is 1.00 bits per heavy atom. The Hall–Kier alpha value is -1.67. The zero-order chi connectivity index (χ0) is 16.0. The number of methoxy groups -OCH3 is 1. The first-order valence-corrected chi connectivity index (χ1v) is 5.89. The third-order valence-corrected chi connectivity index (χ3v) is 2.44. The van der Waals surface area contributed by atoms with Crippen LogP contribution >= 0.6 is 0 Å². The minimum absolute atomic E-state index is 0.0724. The van der Waals surface area contributed by atoms with E-state index in [1.807, 2.05) is 0 Å². The summed E-state index contributed by atoms with van der Waals surface area (Å²) in [7, 11) is -0.316. The first-order valence-electron chi connectivity index (χ1n) is 6.60. The van der Waals surface area contributed by atoms with Gasteiger partial charge in [-0.15, -0.1) is 0 Å². The van der Waals surface area contributed by atoms with Gasteiger partial charge in [-0.05, 0) is 0 Å². The second-order valence-corrected chi connectivity index (χ2v) is 4.17. The fourth-order valence-corrected chi connectivity index (χ4v) is 1.85. The van der Waals surface area contributed by atoms with Gasteiger partial charge in [0.15, 0.2) is 6.10 Å². The Labute approximate surface area is 117 Å². The molecule has 0 amide bonds. The van der Waals surface area contributed by atoms with Gasteiger partial charge in [0.1, 0.15) is 6.10 Å². The van der Waals surface area contributed by atoms with Gasteiger partial charge >= 0.3 is 17.9 Å². The quantitative estimate of drug-likeness (QED) is 0.507. The van der Waals surface area contributed by atoms with Crippen molar-refractivity contribution < 1.29 is 39.4 Å². The molecule has 20 heavy (non-hydrogen) atoms. The molecule has 0 aromatic carbocycles. The van der Waals surface area contributed by atoms with Crippen LogP contribution in [-0.2, 0) is 38.1 Å². The highest BCUT2D eigenvalue weighted by Gasteiger charge is 2.50. The van der Waals surface area contributed by atoms with Crippen LogP contribution in [-0.4, -0.2) is 56.2 Å². The fraction of sp³-hybridized carbons (Fsp3) is 0.750. The van der Waals surface area contributed by atoms with Crippen molar-refractivity contribution in [2.45, 2.75) is 45.4 Å². The van der Waals surface area contributed by atoms with Crippen LogP contribution in [0, 0.1) is 0 Å². The van der Waals surface area contributed by atoms with Gasteiger partial charge in [-0.1, -0.05) is 0 Å². The summed E-state index contributed by atoms with van der Waals surface area (Å²) in [6.45, 7) is 3.45. The summed E-state index contributed by atoms with van der Waals surface area (Å²) >= 11 is 0. The molecule has 1 aliphatic heterocycles. The monoisotopic (exact) mass is 291 g/mol. The molecule has 0 spiro atoms. The molecule has 0 N–H and O–H groups in total. The average molecular weight is 291 g/mol. The smallest absolute Gasteiger partial charge is 0.305 e. The number of carbonyl (C=O) groups is 3. The number of rotatable bonds is 5. The second kappa shape index (κ2) is 7.20. The Bertz CT molecular complexity index is 399. The third-order valence-electron chi connectivity index (χ3n) is 2.44. The van der Waals surface area contributed by atoms with Crippen LogP contribution in [0.5, 0.6) is 0 Å². The van der Waals surface area contributed by atoms with E-state index in [-0.39, 0.29) is 13.7 Å². The van der Waals surface area contributed by atoms with Gasteiger partial charge in [0.25, 0.3) is 0 Å². The highest BCUT2D eigenvalue weighted by Crippen LogP contribution is 2.28. The highest BCUT2D eigenvalue weighted by atomic mass is 16.7. The van der Waals surface area contributed by atoms with E-state index in [4.69, 9.17) is 25.1 Å². The van der Waals surface area contributed by atoms with Crippen molar-refractivity contribution in [2.24, 2.45) is 0 Å². The topological polar surface area (TPSA) is 97.4 Å². The van der Waals surface area contributed by atoms with Crippen molar-refractivity contribution in [3.05, 3.63) is 0 Å². The number of hydrogen-bond acceptors (Lipinski definition) is 8. The summed E-state index contributed by atoms with van der Waals surface area (Å²) in [4.78, 5) is 33.4. The molecule has 1 unspecified atom stereocenters. The lowest BCUT2D eigenvalue weighted by Gasteiger charge is -2.22. The van der Waals surface area contributed by atoms with Crippen molar-refractivity contribution in [3.8, 4) is 0 Å². The Kier molecular flexibility index (Phi) is 5.31. The van der Waals surface area contributed by atoms with Crippen LogP contribution in [0.3, 0.4) is 0 Å². The molecular weight excluding hydrogens is 272 g/mol. The zero-order valence-corrected chi connectivity index (χ0v) is 11.5. The van der Waals surface area contributed by atoms with Crippen molar-refractivity contribution in [3.63, 3.8) is 0 Å². The normalized spacial score (nSPS) is 29.4. The van der Waals surface area contributed by atoms with Crippen LogP contribution in [0.15, 0.2) is 0 Å². The first-order chi connectivity index (χ1) is 9.85. The second-order valence-electron chi connectivity index (χ2n) is 4.17. The fourth-order valence-electron chi connectivity index (χ4n) is 1.85. The zero-order valence-electron chi connectivity index (χ0n) is 12.5. The lowest BCUT2D eigenvalue weighted by atomic mass is 10.1. The van der Waals surface area contributed by atoms with Gasteiger partial charge in [-0.2, -0.15) is 0 Å². The molecular formula is C12H18O8. The highest BCUT2D eigenvalue weighted by molar-refractivity contribution is 5.68. The van der Waals surface area contributed by atoms with Crippen molar-refractivity contribution >= 4 is 17.9 Å². The lowest BCUT2D eigenvalue weighted by molar-refractivity contribution is -0.196. The Balaban J connectivity index is 2.91. The third kappa shape index (κ3) is 4.46. The van der Waals surface area contributed by atoms with Crippen LogP contribution in [0.2, 0.25) is 0 Å². The summed E-state index contributed by atoms with van der Waals surface area (Å²) in [5, 5.41) is 0. The van der Waals surface area contributed by atoms with Gasteiger partial charge in [-0.3, -0.25) is 14.4 Å². The molecule has 0 aliphatic carbocycles. The molecule has 8 nitrogen and oxygen atoms in total. The van der Waals surface area contributed by atoms with Crippen molar-refractivity contribution in [1.82, 2.24) is 0 Å². The SMILES string of the molecule is [2H]COC[C@H]1OC(OC(C)=O)[C@H](OC(C)=O)[C@@H]1OC(C)=O. The first kappa shape index (κ1) is 14.7.